The number of phenols is 1. The molecule has 1 saturated heterocycles. The van der Waals surface area contributed by atoms with Gasteiger partial charge in [0.15, 0.2) is 0 Å². The van der Waals surface area contributed by atoms with Crippen molar-refractivity contribution in [3.63, 3.8) is 0 Å². The first kappa shape index (κ1) is 28.7. The van der Waals surface area contributed by atoms with E-state index in [0.29, 0.717) is 17.7 Å². The number of aromatic hydroxyl groups is 1. The van der Waals surface area contributed by atoms with Crippen molar-refractivity contribution in [2.45, 2.75) is 51.1 Å². The predicted molar refractivity (Wildman–Crippen MR) is 158 cm³/mol. The van der Waals surface area contributed by atoms with Crippen LogP contribution in [-0.4, -0.2) is 72.2 Å². The quantitative estimate of drug-likeness (QED) is 0.362. The summed E-state index contributed by atoms with van der Waals surface area (Å²) in [5.41, 5.74) is 4.66. The SMILES string of the molecule is CCN(C)[C@H]1Cc2ccc(O)cc2C(C)(CCN2CCN(C(c3ccc(F)cc3)c3ccc(F)cc3)CC2)[C@@H]1C. The van der Waals surface area contributed by atoms with Crippen LogP contribution in [0.15, 0.2) is 66.7 Å². The zero-order valence-electron chi connectivity index (χ0n) is 24.3. The molecule has 5 rings (SSSR count). The molecule has 40 heavy (non-hydrogen) atoms. The summed E-state index contributed by atoms with van der Waals surface area (Å²) in [5.74, 6) is 0.299. The van der Waals surface area contributed by atoms with Gasteiger partial charge in [0, 0.05) is 32.2 Å². The molecule has 0 bridgehead atoms. The number of benzene rings is 3. The Hall–Kier alpha value is -2.80. The molecule has 0 amide bonds. The third kappa shape index (κ3) is 5.81. The van der Waals surface area contributed by atoms with Gasteiger partial charge in [0.2, 0.25) is 0 Å². The van der Waals surface area contributed by atoms with Crippen molar-refractivity contribution in [2.24, 2.45) is 5.92 Å². The number of likely N-dealkylation sites (N-methyl/N-ethyl adjacent to an activating group) is 1. The van der Waals surface area contributed by atoms with Crippen LogP contribution in [0, 0.1) is 17.6 Å². The van der Waals surface area contributed by atoms with E-state index in [4.69, 9.17) is 0 Å². The van der Waals surface area contributed by atoms with Crippen LogP contribution in [0.5, 0.6) is 5.75 Å². The van der Waals surface area contributed by atoms with Crippen LogP contribution >= 0.6 is 0 Å². The molecule has 1 heterocycles. The van der Waals surface area contributed by atoms with E-state index < -0.39 is 0 Å². The van der Waals surface area contributed by atoms with E-state index in [2.05, 4.69) is 48.6 Å². The van der Waals surface area contributed by atoms with Gasteiger partial charge in [-0.25, -0.2) is 8.78 Å². The van der Waals surface area contributed by atoms with Gasteiger partial charge in [0.05, 0.1) is 6.04 Å². The van der Waals surface area contributed by atoms with E-state index in [1.54, 1.807) is 0 Å². The molecule has 214 valence electrons. The second-order valence-electron chi connectivity index (χ2n) is 12.0. The number of phenolic OH excluding ortho intramolecular Hbond substituents is 1. The van der Waals surface area contributed by atoms with Crippen molar-refractivity contribution in [1.82, 2.24) is 14.7 Å². The van der Waals surface area contributed by atoms with Crippen molar-refractivity contribution < 1.29 is 13.9 Å². The Labute approximate surface area is 238 Å². The van der Waals surface area contributed by atoms with Gasteiger partial charge in [0.1, 0.15) is 17.4 Å². The highest BCUT2D eigenvalue weighted by Gasteiger charge is 2.44. The van der Waals surface area contributed by atoms with Gasteiger partial charge in [-0.3, -0.25) is 4.90 Å². The Balaban J connectivity index is 1.30. The third-order valence-electron chi connectivity index (χ3n) is 9.88. The van der Waals surface area contributed by atoms with E-state index in [1.807, 2.05) is 36.4 Å². The topological polar surface area (TPSA) is 30.0 Å². The lowest BCUT2D eigenvalue weighted by Crippen LogP contribution is -2.53. The van der Waals surface area contributed by atoms with Crippen molar-refractivity contribution in [2.75, 3.05) is 46.3 Å². The van der Waals surface area contributed by atoms with Gasteiger partial charge >= 0.3 is 0 Å². The second-order valence-corrected chi connectivity index (χ2v) is 12.0. The largest absolute Gasteiger partial charge is 0.508 e. The minimum absolute atomic E-state index is 0.0394. The molecule has 2 aliphatic rings. The van der Waals surface area contributed by atoms with E-state index in [1.165, 1.54) is 35.4 Å². The van der Waals surface area contributed by atoms with Crippen LogP contribution in [0.25, 0.3) is 0 Å². The van der Waals surface area contributed by atoms with Gasteiger partial charge < -0.3 is 14.9 Å². The molecule has 1 unspecified atom stereocenters. The highest BCUT2D eigenvalue weighted by atomic mass is 19.1. The molecule has 1 fully saturated rings. The van der Waals surface area contributed by atoms with Crippen LogP contribution in [0.3, 0.4) is 0 Å². The Morgan fingerprint density at radius 3 is 2.05 bits per heavy atom. The number of halogens is 2. The Morgan fingerprint density at radius 1 is 0.925 bits per heavy atom. The summed E-state index contributed by atoms with van der Waals surface area (Å²) >= 11 is 0. The Bertz CT molecular complexity index is 1230. The molecular weight excluding hydrogens is 504 g/mol. The van der Waals surface area contributed by atoms with Crippen molar-refractivity contribution in [1.29, 1.82) is 0 Å². The van der Waals surface area contributed by atoms with Gasteiger partial charge in [-0.05, 0) is 103 Å². The van der Waals surface area contributed by atoms with Gasteiger partial charge in [-0.1, -0.05) is 51.1 Å². The van der Waals surface area contributed by atoms with Crippen LogP contribution in [0.4, 0.5) is 8.78 Å². The standard InChI is InChI=1S/C34H43F2N3O/c1-5-37(4)32-22-27-10-15-30(40)23-31(27)34(3,24(32)2)16-17-38-18-20-39(21-19-38)33(25-6-11-28(35)12-7-25)26-8-13-29(36)14-9-26/h6-15,23-24,32-33,40H,5,16-22H2,1-4H3/t24-,32+,34?/m1/s1. The molecule has 0 spiro atoms. The summed E-state index contributed by atoms with van der Waals surface area (Å²) in [4.78, 5) is 7.46. The minimum atomic E-state index is -0.251. The minimum Gasteiger partial charge on any atom is -0.508 e. The average molecular weight is 548 g/mol. The zero-order chi connectivity index (χ0) is 28.4. The Morgan fingerprint density at radius 2 is 1.50 bits per heavy atom. The van der Waals surface area contributed by atoms with E-state index in [-0.39, 0.29) is 23.1 Å². The van der Waals surface area contributed by atoms with Gasteiger partial charge in [-0.15, -0.1) is 0 Å². The summed E-state index contributed by atoms with van der Waals surface area (Å²) in [5, 5.41) is 10.4. The molecule has 1 N–H and O–H groups in total. The third-order valence-corrected chi connectivity index (χ3v) is 9.88. The first-order chi connectivity index (χ1) is 19.2. The molecule has 3 aromatic rings. The molecule has 0 aromatic heterocycles. The maximum atomic E-state index is 13.7. The number of hydrogen-bond acceptors (Lipinski definition) is 4. The van der Waals surface area contributed by atoms with Gasteiger partial charge in [-0.2, -0.15) is 0 Å². The van der Waals surface area contributed by atoms with E-state index in [0.717, 1.165) is 63.2 Å². The summed E-state index contributed by atoms with van der Waals surface area (Å²) in [6.07, 6.45) is 2.04. The number of hydrogen-bond donors (Lipinski definition) is 1. The van der Waals surface area contributed by atoms with Crippen molar-refractivity contribution >= 4 is 0 Å². The zero-order valence-corrected chi connectivity index (χ0v) is 24.3. The maximum Gasteiger partial charge on any atom is 0.123 e. The highest BCUT2D eigenvalue weighted by Crippen LogP contribution is 2.46. The monoisotopic (exact) mass is 547 g/mol. The number of rotatable bonds is 8. The van der Waals surface area contributed by atoms with Crippen LogP contribution in [0.2, 0.25) is 0 Å². The van der Waals surface area contributed by atoms with Crippen LogP contribution in [-0.2, 0) is 11.8 Å². The summed E-state index contributed by atoms with van der Waals surface area (Å²) < 4.78 is 27.4. The first-order valence-corrected chi connectivity index (χ1v) is 14.7. The molecule has 3 atom stereocenters. The molecule has 6 heteroatoms. The fourth-order valence-electron chi connectivity index (χ4n) is 7.02. The molecule has 4 nitrogen and oxygen atoms in total. The van der Waals surface area contributed by atoms with E-state index in [9.17, 15) is 13.9 Å². The van der Waals surface area contributed by atoms with Crippen LogP contribution < -0.4 is 0 Å². The molecule has 1 aliphatic heterocycles. The molecule has 1 aliphatic carbocycles. The smallest absolute Gasteiger partial charge is 0.123 e. The lowest BCUT2D eigenvalue weighted by molar-refractivity contribution is 0.0795. The lowest BCUT2D eigenvalue weighted by atomic mass is 9.61. The fraction of sp³-hybridized carbons (Fsp3) is 0.471. The molecular formula is C34H43F2N3O. The first-order valence-electron chi connectivity index (χ1n) is 14.7. The highest BCUT2D eigenvalue weighted by molar-refractivity contribution is 5.43. The summed E-state index contributed by atoms with van der Waals surface area (Å²) in [6.45, 7) is 12.6. The van der Waals surface area contributed by atoms with E-state index >= 15 is 0 Å². The lowest BCUT2D eigenvalue weighted by Gasteiger charge is -2.49. The normalized spacial score (nSPS) is 24.0. The summed E-state index contributed by atoms with van der Waals surface area (Å²) in [7, 11) is 2.23. The number of piperazine rings is 1. The molecule has 0 radical (unpaired) electrons. The maximum absolute atomic E-state index is 13.7. The number of fused-ring (bicyclic) bond motifs is 1. The second kappa shape index (κ2) is 12.0. The average Bonchev–Trinajstić information content (AvgIpc) is 2.96. The van der Waals surface area contributed by atoms with Crippen molar-refractivity contribution in [3.05, 3.63) is 101 Å². The summed E-state index contributed by atoms with van der Waals surface area (Å²) in [6, 6.07) is 19.8. The number of nitrogens with zero attached hydrogens (tertiary/aromatic N) is 3. The fourth-order valence-corrected chi connectivity index (χ4v) is 7.02. The van der Waals surface area contributed by atoms with Crippen molar-refractivity contribution in [3.8, 4) is 5.75 Å². The molecule has 3 aromatic carbocycles. The predicted octanol–water partition coefficient (Wildman–Crippen LogP) is 6.24. The Kier molecular flexibility index (Phi) is 8.60. The van der Waals surface area contributed by atoms with Gasteiger partial charge in [0.25, 0.3) is 0 Å². The molecule has 0 saturated carbocycles. The van der Waals surface area contributed by atoms with Crippen LogP contribution in [0.1, 0.15) is 55.5 Å².